The Hall–Kier alpha value is -3.94. The van der Waals surface area contributed by atoms with Crippen LogP contribution in [-0.2, 0) is 4.74 Å². The molecule has 1 heterocycles. The van der Waals surface area contributed by atoms with Gasteiger partial charge in [0.2, 0.25) is 0 Å². The monoisotopic (exact) mass is 406 g/mol. The van der Waals surface area contributed by atoms with Gasteiger partial charge in [-0.1, -0.05) is 19.1 Å². The molecule has 0 radical (unpaired) electrons. The number of benzene rings is 2. The van der Waals surface area contributed by atoms with Crippen LogP contribution in [0.25, 0.3) is 11.3 Å². The first kappa shape index (κ1) is 20.8. The summed E-state index contributed by atoms with van der Waals surface area (Å²) in [6.45, 7) is 2.72. The number of aromatic nitrogens is 2. The first-order chi connectivity index (χ1) is 14.6. The number of ether oxygens (including phenoxy) is 2. The first-order valence-corrected chi connectivity index (χ1v) is 9.41. The highest BCUT2D eigenvalue weighted by atomic mass is 16.5. The van der Waals surface area contributed by atoms with E-state index in [-0.39, 0.29) is 5.69 Å². The molecular weight excluding hydrogens is 384 g/mol. The van der Waals surface area contributed by atoms with Gasteiger partial charge < -0.3 is 9.47 Å². The van der Waals surface area contributed by atoms with Gasteiger partial charge in [-0.05, 0) is 54.4 Å². The van der Waals surface area contributed by atoms with Crippen LogP contribution in [-0.4, -0.2) is 42.0 Å². The molecule has 0 aliphatic heterocycles. The van der Waals surface area contributed by atoms with Gasteiger partial charge in [0.1, 0.15) is 11.4 Å². The number of esters is 1. The van der Waals surface area contributed by atoms with Gasteiger partial charge in [-0.3, -0.25) is 9.89 Å². The summed E-state index contributed by atoms with van der Waals surface area (Å²) >= 11 is 0. The van der Waals surface area contributed by atoms with E-state index in [0.29, 0.717) is 17.9 Å². The van der Waals surface area contributed by atoms with E-state index in [1.54, 1.807) is 30.3 Å². The van der Waals surface area contributed by atoms with Crippen molar-refractivity contribution in [1.29, 1.82) is 0 Å². The number of nitrogens with one attached hydrogen (secondary N) is 2. The van der Waals surface area contributed by atoms with Crippen LogP contribution in [0.3, 0.4) is 0 Å². The second-order valence-electron chi connectivity index (χ2n) is 6.35. The third-order valence-corrected chi connectivity index (χ3v) is 4.16. The molecular formula is C22H22N4O4. The summed E-state index contributed by atoms with van der Waals surface area (Å²) in [7, 11) is 1.32. The number of hydrogen-bond donors (Lipinski definition) is 2. The topological polar surface area (TPSA) is 106 Å². The van der Waals surface area contributed by atoms with Crippen molar-refractivity contribution in [2.45, 2.75) is 13.3 Å². The molecule has 3 aromatic rings. The van der Waals surface area contributed by atoms with Crippen LogP contribution in [0.15, 0.2) is 59.7 Å². The van der Waals surface area contributed by atoms with Gasteiger partial charge in [-0.25, -0.2) is 10.2 Å². The molecule has 0 bridgehead atoms. The van der Waals surface area contributed by atoms with E-state index >= 15 is 0 Å². The fourth-order valence-electron chi connectivity index (χ4n) is 2.58. The van der Waals surface area contributed by atoms with Crippen LogP contribution in [0, 0.1) is 0 Å². The zero-order valence-corrected chi connectivity index (χ0v) is 16.7. The van der Waals surface area contributed by atoms with E-state index in [1.807, 2.05) is 24.3 Å². The van der Waals surface area contributed by atoms with Gasteiger partial charge >= 0.3 is 5.97 Å². The number of amides is 1. The summed E-state index contributed by atoms with van der Waals surface area (Å²) in [5.74, 6) is -0.0351. The van der Waals surface area contributed by atoms with Crippen molar-refractivity contribution in [3.63, 3.8) is 0 Å². The minimum Gasteiger partial charge on any atom is -0.494 e. The molecule has 0 unspecified atom stereocenters. The lowest BCUT2D eigenvalue weighted by Gasteiger charge is -2.04. The summed E-state index contributed by atoms with van der Waals surface area (Å²) in [6.07, 6.45) is 2.42. The van der Waals surface area contributed by atoms with E-state index in [0.717, 1.165) is 23.3 Å². The van der Waals surface area contributed by atoms with E-state index in [4.69, 9.17) is 4.74 Å². The first-order valence-electron chi connectivity index (χ1n) is 9.41. The van der Waals surface area contributed by atoms with Crippen LogP contribution in [0.2, 0.25) is 0 Å². The molecule has 0 aliphatic rings. The SMILES string of the molecule is CCCOc1ccc(-c2cc(C(=O)NN=Cc3ccc(C(=O)OC)cc3)[nH]n2)cc1. The van der Waals surface area contributed by atoms with Gasteiger partial charge in [0, 0.05) is 5.56 Å². The van der Waals surface area contributed by atoms with Crippen molar-refractivity contribution < 1.29 is 19.1 Å². The Kier molecular flexibility index (Phi) is 6.94. The third kappa shape index (κ3) is 5.32. The molecule has 154 valence electrons. The second-order valence-corrected chi connectivity index (χ2v) is 6.35. The Balaban J connectivity index is 1.58. The van der Waals surface area contributed by atoms with Crippen LogP contribution < -0.4 is 10.2 Å². The number of aromatic amines is 1. The van der Waals surface area contributed by atoms with Crippen molar-refractivity contribution in [3.05, 3.63) is 71.4 Å². The maximum Gasteiger partial charge on any atom is 0.337 e. The fourth-order valence-corrected chi connectivity index (χ4v) is 2.58. The van der Waals surface area contributed by atoms with Crippen molar-refractivity contribution in [2.24, 2.45) is 5.10 Å². The van der Waals surface area contributed by atoms with Crippen LogP contribution in [0.5, 0.6) is 5.75 Å². The maximum atomic E-state index is 12.3. The zero-order chi connectivity index (χ0) is 21.3. The summed E-state index contributed by atoms with van der Waals surface area (Å²) in [4.78, 5) is 23.7. The molecule has 8 nitrogen and oxygen atoms in total. The number of hydrogen-bond acceptors (Lipinski definition) is 6. The Morgan fingerprint density at radius 2 is 1.87 bits per heavy atom. The van der Waals surface area contributed by atoms with Crippen LogP contribution in [0.1, 0.15) is 39.8 Å². The van der Waals surface area contributed by atoms with Gasteiger partial charge in [0.25, 0.3) is 5.91 Å². The minimum atomic E-state index is -0.418. The number of carbonyl (C=O) groups is 2. The van der Waals surface area contributed by atoms with Gasteiger partial charge in [0.05, 0.1) is 31.2 Å². The quantitative estimate of drug-likeness (QED) is 0.339. The predicted octanol–water partition coefficient (Wildman–Crippen LogP) is 3.42. The lowest BCUT2D eigenvalue weighted by Crippen LogP contribution is -2.18. The average molecular weight is 406 g/mol. The van der Waals surface area contributed by atoms with E-state index in [2.05, 4.69) is 32.4 Å². The summed E-state index contributed by atoms with van der Waals surface area (Å²) < 4.78 is 10.2. The third-order valence-electron chi connectivity index (χ3n) is 4.16. The number of methoxy groups -OCH3 is 1. The maximum absolute atomic E-state index is 12.3. The standard InChI is InChI=1S/C22H22N4O4/c1-3-12-30-18-10-8-16(9-11-18)19-13-20(25-24-19)21(27)26-23-14-15-4-6-17(7-5-15)22(28)29-2/h4-11,13-14H,3,12H2,1-2H3,(H,24,25)(H,26,27). The summed E-state index contributed by atoms with van der Waals surface area (Å²) in [5.41, 5.74) is 5.39. The molecule has 0 saturated carbocycles. The molecule has 0 fully saturated rings. The Bertz CT molecular complexity index is 1020. The molecule has 2 N–H and O–H groups in total. The molecule has 30 heavy (non-hydrogen) atoms. The number of hydrazone groups is 1. The van der Waals surface area contributed by atoms with Crippen molar-refractivity contribution in [3.8, 4) is 17.0 Å². The Labute approximate surface area is 173 Å². The second kappa shape index (κ2) is 10.0. The predicted molar refractivity (Wildman–Crippen MR) is 113 cm³/mol. The molecule has 0 saturated heterocycles. The molecule has 0 aliphatic carbocycles. The molecule has 0 atom stereocenters. The highest BCUT2D eigenvalue weighted by Gasteiger charge is 2.10. The number of carbonyl (C=O) groups excluding carboxylic acids is 2. The largest absolute Gasteiger partial charge is 0.494 e. The molecule has 1 aromatic heterocycles. The van der Waals surface area contributed by atoms with E-state index < -0.39 is 11.9 Å². The minimum absolute atomic E-state index is 0.287. The van der Waals surface area contributed by atoms with Gasteiger partial charge in [0.15, 0.2) is 0 Å². The van der Waals surface area contributed by atoms with Crippen molar-refractivity contribution in [1.82, 2.24) is 15.6 Å². The van der Waals surface area contributed by atoms with Crippen molar-refractivity contribution in [2.75, 3.05) is 13.7 Å². The van der Waals surface area contributed by atoms with E-state index in [1.165, 1.54) is 13.3 Å². The number of nitrogens with zero attached hydrogens (tertiary/aromatic N) is 2. The summed E-state index contributed by atoms with van der Waals surface area (Å²) in [6, 6.07) is 15.8. The molecule has 1 amide bonds. The van der Waals surface area contributed by atoms with Crippen LogP contribution >= 0.6 is 0 Å². The highest BCUT2D eigenvalue weighted by molar-refractivity contribution is 5.94. The summed E-state index contributed by atoms with van der Waals surface area (Å²) in [5, 5.41) is 10.8. The normalized spacial score (nSPS) is 10.7. The molecule has 8 heteroatoms. The molecule has 0 spiro atoms. The zero-order valence-electron chi connectivity index (χ0n) is 16.7. The highest BCUT2D eigenvalue weighted by Crippen LogP contribution is 2.21. The lowest BCUT2D eigenvalue weighted by molar-refractivity contribution is 0.0600. The van der Waals surface area contributed by atoms with E-state index in [9.17, 15) is 9.59 Å². The Morgan fingerprint density at radius 3 is 2.53 bits per heavy atom. The van der Waals surface area contributed by atoms with Crippen LogP contribution in [0.4, 0.5) is 0 Å². The number of rotatable bonds is 8. The Morgan fingerprint density at radius 1 is 1.13 bits per heavy atom. The lowest BCUT2D eigenvalue weighted by atomic mass is 10.1. The molecule has 3 rings (SSSR count). The van der Waals surface area contributed by atoms with Gasteiger partial charge in [-0.15, -0.1) is 0 Å². The average Bonchev–Trinajstić information content (AvgIpc) is 3.28. The van der Waals surface area contributed by atoms with Gasteiger partial charge in [-0.2, -0.15) is 10.2 Å². The fraction of sp³-hybridized carbons (Fsp3) is 0.182. The number of H-pyrrole nitrogens is 1. The molecule has 2 aromatic carbocycles. The smallest absolute Gasteiger partial charge is 0.337 e. The van der Waals surface area contributed by atoms with Crippen molar-refractivity contribution >= 4 is 18.1 Å².